The van der Waals surface area contributed by atoms with Gasteiger partial charge in [0.05, 0.1) is 17.2 Å². The number of hydrogen-bond acceptors (Lipinski definition) is 12. The highest BCUT2D eigenvalue weighted by atomic mass is 32.2. The van der Waals surface area contributed by atoms with Gasteiger partial charge >= 0.3 is 5.97 Å². The summed E-state index contributed by atoms with van der Waals surface area (Å²) in [4.78, 5) is 32.8. The van der Waals surface area contributed by atoms with Crippen molar-refractivity contribution in [1.29, 1.82) is 0 Å². The number of sulfone groups is 1. The fourth-order valence-electron chi connectivity index (χ4n) is 3.60. The van der Waals surface area contributed by atoms with E-state index >= 15 is 0 Å². The zero-order valence-electron chi connectivity index (χ0n) is 22.0. The Morgan fingerprint density at radius 3 is 2.54 bits per heavy atom. The minimum Gasteiger partial charge on any atom is -0.462 e. The second kappa shape index (κ2) is 12.2. The number of esters is 1. The fourth-order valence-corrected chi connectivity index (χ4v) is 5.09. The number of pyridine rings is 1. The zero-order valence-corrected chi connectivity index (χ0v) is 23.6. The van der Waals surface area contributed by atoms with Gasteiger partial charge in [0, 0.05) is 44.9 Å². The molecule has 2 N–H and O–H groups in total. The number of nitrogens with one attached hydrogen (secondary N) is 2. The lowest BCUT2D eigenvalue weighted by molar-refractivity contribution is 0.0531. The monoisotopic (exact) mass is 567 g/mol. The van der Waals surface area contributed by atoms with Crippen LogP contribution in [0.5, 0.6) is 0 Å². The molecule has 0 aliphatic rings. The number of hydrogen-bond donors (Lipinski definition) is 2. The van der Waals surface area contributed by atoms with Crippen molar-refractivity contribution in [2.75, 3.05) is 35.4 Å². The first kappa shape index (κ1) is 27.9. The van der Waals surface area contributed by atoms with Crippen molar-refractivity contribution in [2.24, 2.45) is 0 Å². The topological polar surface area (TPSA) is 139 Å². The molecule has 0 unspecified atom stereocenters. The van der Waals surface area contributed by atoms with E-state index in [1.165, 1.54) is 17.6 Å². The third kappa shape index (κ3) is 7.48. The molecule has 11 nitrogen and oxygen atoms in total. The molecule has 3 heterocycles. The van der Waals surface area contributed by atoms with Crippen LogP contribution >= 0.6 is 11.3 Å². The van der Waals surface area contributed by atoms with E-state index in [4.69, 9.17) is 4.74 Å². The number of thiazole rings is 1. The van der Waals surface area contributed by atoms with Gasteiger partial charge < -0.3 is 15.0 Å². The summed E-state index contributed by atoms with van der Waals surface area (Å²) in [5.74, 6) is 1.07. The minimum atomic E-state index is -3.27. The maximum atomic E-state index is 12.2. The smallest absolute Gasteiger partial charge is 0.350 e. The summed E-state index contributed by atoms with van der Waals surface area (Å²) in [5.41, 5.74) is 2.46. The highest BCUT2D eigenvalue weighted by Gasteiger charge is 2.18. The normalized spacial score (nSPS) is 11.2. The molecule has 13 heteroatoms. The molecule has 0 atom stereocenters. The van der Waals surface area contributed by atoms with Crippen molar-refractivity contribution in [2.45, 2.75) is 31.8 Å². The molecule has 39 heavy (non-hydrogen) atoms. The molecule has 0 spiro atoms. The van der Waals surface area contributed by atoms with Crippen LogP contribution in [0.4, 0.5) is 22.7 Å². The van der Waals surface area contributed by atoms with Gasteiger partial charge in [-0.15, -0.1) is 0 Å². The molecule has 0 radical (unpaired) electrons. The molecule has 3 aromatic heterocycles. The van der Waals surface area contributed by atoms with Crippen molar-refractivity contribution >= 4 is 49.9 Å². The van der Waals surface area contributed by atoms with Crippen LogP contribution in [0.25, 0.3) is 0 Å². The van der Waals surface area contributed by atoms with Crippen LogP contribution in [0.3, 0.4) is 0 Å². The predicted octanol–water partition coefficient (Wildman–Crippen LogP) is 4.21. The van der Waals surface area contributed by atoms with Gasteiger partial charge in [-0.05, 0) is 43.2 Å². The van der Waals surface area contributed by atoms with Crippen molar-refractivity contribution in [3.05, 3.63) is 76.6 Å². The van der Waals surface area contributed by atoms with E-state index < -0.39 is 15.8 Å². The van der Waals surface area contributed by atoms with Crippen molar-refractivity contribution in [1.82, 2.24) is 19.9 Å². The summed E-state index contributed by atoms with van der Waals surface area (Å²) in [7, 11) is -1.35. The van der Waals surface area contributed by atoms with Gasteiger partial charge in [0.1, 0.15) is 16.5 Å². The first-order valence-corrected chi connectivity index (χ1v) is 14.8. The van der Waals surface area contributed by atoms with E-state index in [1.807, 2.05) is 30.1 Å². The third-order valence-electron chi connectivity index (χ3n) is 5.55. The molecule has 4 rings (SSSR count). The lowest BCUT2D eigenvalue weighted by atomic mass is 10.2. The molecule has 0 aliphatic carbocycles. The highest BCUT2D eigenvalue weighted by Crippen LogP contribution is 2.27. The van der Waals surface area contributed by atoms with Crippen LogP contribution in [0.15, 0.2) is 59.8 Å². The van der Waals surface area contributed by atoms with Crippen LogP contribution in [0, 0.1) is 6.92 Å². The standard InChI is InChI=1S/C26H29N7O4S2/c1-5-37-24(34)23-17(2)29-26(38-23)32-25-30-21(28-15-18-8-10-20(11-9-18)39(4,35)36)13-22(31-25)33(3)16-19-7-6-12-27-14-19/h6-14H,5,15-16H2,1-4H3,(H2,28,29,30,31,32). The molecule has 0 amide bonds. The number of aryl methyl sites for hydroxylation is 1. The molecular weight excluding hydrogens is 538 g/mol. The maximum absolute atomic E-state index is 12.2. The van der Waals surface area contributed by atoms with Crippen LogP contribution in [0.2, 0.25) is 0 Å². The van der Waals surface area contributed by atoms with E-state index in [0.29, 0.717) is 46.4 Å². The number of carbonyl (C=O) groups is 1. The van der Waals surface area contributed by atoms with Crippen molar-refractivity contribution < 1.29 is 17.9 Å². The summed E-state index contributed by atoms with van der Waals surface area (Å²) in [6.07, 6.45) is 4.70. The number of aromatic nitrogens is 4. The van der Waals surface area contributed by atoms with Gasteiger partial charge in [0.15, 0.2) is 15.0 Å². The summed E-state index contributed by atoms with van der Waals surface area (Å²) in [5, 5.41) is 6.86. The quantitative estimate of drug-likeness (QED) is 0.252. The second-order valence-corrected chi connectivity index (χ2v) is 11.7. The SMILES string of the molecule is CCOC(=O)c1sc(Nc2nc(NCc3ccc(S(C)(=O)=O)cc3)cc(N(C)Cc3cccnc3)n2)nc1C. The van der Waals surface area contributed by atoms with E-state index in [-0.39, 0.29) is 11.5 Å². The Balaban J connectivity index is 1.58. The molecule has 0 aliphatic heterocycles. The molecule has 0 bridgehead atoms. The van der Waals surface area contributed by atoms with Crippen molar-refractivity contribution in [3.8, 4) is 0 Å². The Morgan fingerprint density at radius 1 is 1.10 bits per heavy atom. The largest absolute Gasteiger partial charge is 0.462 e. The van der Waals surface area contributed by atoms with Crippen LogP contribution in [-0.2, 0) is 27.7 Å². The van der Waals surface area contributed by atoms with E-state index in [0.717, 1.165) is 11.1 Å². The Hall–Kier alpha value is -4.10. The fraction of sp³-hybridized carbons (Fsp3) is 0.269. The number of carbonyl (C=O) groups excluding carboxylic acids is 1. The second-order valence-electron chi connectivity index (χ2n) is 8.70. The van der Waals surface area contributed by atoms with E-state index in [1.54, 1.807) is 50.5 Å². The zero-order chi connectivity index (χ0) is 28.0. The van der Waals surface area contributed by atoms with E-state index in [9.17, 15) is 13.2 Å². The highest BCUT2D eigenvalue weighted by molar-refractivity contribution is 7.90. The summed E-state index contributed by atoms with van der Waals surface area (Å²) < 4.78 is 28.6. The van der Waals surface area contributed by atoms with E-state index in [2.05, 4.69) is 30.6 Å². The molecule has 0 fully saturated rings. The van der Waals surface area contributed by atoms with Crippen LogP contribution in [-0.4, -0.2) is 54.2 Å². The summed E-state index contributed by atoms with van der Waals surface area (Å²) in [6.45, 7) is 4.76. The number of benzene rings is 1. The Morgan fingerprint density at radius 2 is 1.87 bits per heavy atom. The number of anilines is 4. The van der Waals surface area contributed by atoms with Crippen molar-refractivity contribution in [3.63, 3.8) is 0 Å². The number of rotatable bonds is 11. The van der Waals surface area contributed by atoms with Gasteiger partial charge in [-0.2, -0.15) is 9.97 Å². The van der Waals surface area contributed by atoms with Gasteiger partial charge in [-0.25, -0.2) is 18.2 Å². The minimum absolute atomic E-state index is 0.264. The van der Waals surface area contributed by atoms with Crippen LogP contribution < -0.4 is 15.5 Å². The van der Waals surface area contributed by atoms with Gasteiger partial charge in [-0.3, -0.25) is 10.3 Å². The van der Waals surface area contributed by atoms with Gasteiger partial charge in [0.25, 0.3) is 0 Å². The first-order chi connectivity index (χ1) is 18.6. The van der Waals surface area contributed by atoms with Crippen LogP contribution in [0.1, 0.15) is 33.4 Å². The molecule has 0 saturated heterocycles. The molecule has 0 saturated carbocycles. The summed E-state index contributed by atoms with van der Waals surface area (Å²) in [6, 6.07) is 12.4. The number of nitrogens with zero attached hydrogens (tertiary/aromatic N) is 5. The van der Waals surface area contributed by atoms with Gasteiger partial charge in [0.2, 0.25) is 5.95 Å². The molecule has 204 valence electrons. The summed E-state index contributed by atoms with van der Waals surface area (Å²) >= 11 is 1.17. The third-order valence-corrected chi connectivity index (χ3v) is 7.73. The average Bonchev–Trinajstić information content (AvgIpc) is 3.27. The Bertz CT molecular complexity index is 1540. The maximum Gasteiger partial charge on any atom is 0.350 e. The lowest BCUT2D eigenvalue weighted by Crippen LogP contribution is -2.19. The first-order valence-electron chi connectivity index (χ1n) is 12.1. The molecule has 4 aromatic rings. The molecular formula is C26H29N7O4S2. The molecule has 1 aromatic carbocycles. The number of ether oxygens (including phenoxy) is 1. The average molecular weight is 568 g/mol. The van der Waals surface area contributed by atoms with Gasteiger partial charge in [-0.1, -0.05) is 29.5 Å². The Kier molecular flexibility index (Phi) is 8.72. The predicted molar refractivity (Wildman–Crippen MR) is 151 cm³/mol. The lowest BCUT2D eigenvalue weighted by Gasteiger charge is -2.20. The Labute approximate surface area is 231 Å².